The van der Waals surface area contributed by atoms with Crippen molar-refractivity contribution in [2.24, 2.45) is 4.99 Å². The van der Waals surface area contributed by atoms with Crippen LogP contribution in [-0.4, -0.2) is 39.1 Å². The summed E-state index contributed by atoms with van der Waals surface area (Å²) in [6.45, 7) is 1.80. The van der Waals surface area contributed by atoms with Crippen molar-refractivity contribution in [3.8, 4) is 5.75 Å². The highest BCUT2D eigenvalue weighted by Gasteiger charge is 2.06. The molecule has 2 aromatic rings. The van der Waals surface area contributed by atoms with E-state index in [1.807, 2.05) is 49.3 Å². The Morgan fingerprint density at radius 2 is 1.63 bits per heavy atom. The Bertz CT molecular complexity index is 735. The van der Waals surface area contributed by atoms with Gasteiger partial charge in [0.05, 0.1) is 7.11 Å². The van der Waals surface area contributed by atoms with Crippen molar-refractivity contribution in [1.29, 1.82) is 0 Å². The van der Waals surface area contributed by atoms with E-state index in [0.717, 1.165) is 16.9 Å². The quantitative estimate of drug-likeness (QED) is 0.358. The molecule has 0 saturated heterocycles. The molecule has 0 unspecified atom stereocenters. The van der Waals surface area contributed by atoms with Crippen LogP contribution in [-0.2, 0) is 19.6 Å². The molecule has 0 saturated carbocycles. The minimum absolute atomic E-state index is 0. The number of aliphatic imine (C=N–C) groups is 1. The molecule has 0 aliphatic carbocycles. The molecule has 0 heterocycles. The predicted molar refractivity (Wildman–Crippen MR) is 119 cm³/mol. The summed E-state index contributed by atoms with van der Waals surface area (Å²) in [5.74, 6) is 1.35. The summed E-state index contributed by atoms with van der Waals surface area (Å²) in [7, 11) is 7.23. The van der Waals surface area contributed by atoms with E-state index in [2.05, 4.69) is 15.6 Å². The monoisotopic (exact) mass is 486 g/mol. The van der Waals surface area contributed by atoms with Crippen LogP contribution in [0.25, 0.3) is 0 Å². The Labute approximate surface area is 178 Å². The summed E-state index contributed by atoms with van der Waals surface area (Å²) >= 11 is 0. The second-order valence-electron chi connectivity index (χ2n) is 6.29. The molecule has 0 aliphatic heterocycles. The number of ether oxygens (including phenoxy) is 1. The highest BCUT2D eigenvalue weighted by atomic mass is 127. The number of nitrogens with one attached hydrogen (secondary N) is 2. The molecule has 27 heavy (non-hydrogen) atoms. The zero-order valence-corrected chi connectivity index (χ0v) is 18.6. The molecule has 0 spiro atoms. The second-order valence-corrected chi connectivity index (χ2v) is 6.29. The van der Waals surface area contributed by atoms with Gasteiger partial charge in [-0.25, -0.2) is 4.39 Å². The minimum atomic E-state index is -0.176. The highest BCUT2D eigenvalue weighted by molar-refractivity contribution is 14.0. The van der Waals surface area contributed by atoms with Crippen LogP contribution in [0.4, 0.5) is 4.39 Å². The van der Waals surface area contributed by atoms with Gasteiger partial charge in [0.25, 0.3) is 0 Å². The topological polar surface area (TPSA) is 48.9 Å². The summed E-state index contributed by atoms with van der Waals surface area (Å²) in [6, 6.07) is 13.1. The highest BCUT2D eigenvalue weighted by Crippen LogP contribution is 2.13. The van der Waals surface area contributed by atoms with Gasteiger partial charge < -0.3 is 20.3 Å². The lowest BCUT2D eigenvalue weighted by atomic mass is 10.1. The van der Waals surface area contributed by atoms with Crippen molar-refractivity contribution in [2.75, 3.05) is 28.3 Å². The van der Waals surface area contributed by atoms with Crippen molar-refractivity contribution < 1.29 is 9.13 Å². The first-order valence-electron chi connectivity index (χ1n) is 8.51. The van der Waals surface area contributed by atoms with Crippen LogP contribution in [0.3, 0.4) is 0 Å². The van der Waals surface area contributed by atoms with Crippen LogP contribution in [0, 0.1) is 5.82 Å². The second kappa shape index (κ2) is 11.8. The fraction of sp³-hybridized carbons (Fsp3) is 0.350. The lowest BCUT2D eigenvalue weighted by Crippen LogP contribution is -2.36. The van der Waals surface area contributed by atoms with E-state index in [9.17, 15) is 4.39 Å². The smallest absolute Gasteiger partial charge is 0.191 e. The first-order valence-corrected chi connectivity index (χ1v) is 8.51. The standard InChI is InChI=1S/C20H27FN4O.HI/c1-22-20(23-12-15-5-8-18(26-4)9-6-15)24-13-16-7-10-19(21)17(11-16)14-25(2)3;/h5-11H,12-14H2,1-4H3,(H2,22,23,24);1H. The maximum Gasteiger partial charge on any atom is 0.191 e. The number of hydrogen-bond acceptors (Lipinski definition) is 3. The van der Waals surface area contributed by atoms with E-state index in [1.54, 1.807) is 20.2 Å². The SMILES string of the molecule is CN=C(NCc1ccc(OC)cc1)NCc1ccc(F)c(CN(C)C)c1.I. The van der Waals surface area contributed by atoms with Crippen molar-refractivity contribution in [1.82, 2.24) is 15.5 Å². The largest absolute Gasteiger partial charge is 0.497 e. The van der Waals surface area contributed by atoms with Gasteiger partial charge in [0.15, 0.2) is 5.96 Å². The lowest BCUT2D eigenvalue weighted by molar-refractivity contribution is 0.392. The first-order chi connectivity index (χ1) is 12.5. The molecular formula is C20H28FIN4O. The summed E-state index contributed by atoms with van der Waals surface area (Å²) < 4.78 is 19.0. The van der Waals surface area contributed by atoms with Gasteiger partial charge in [0.2, 0.25) is 0 Å². The maximum absolute atomic E-state index is 13.9. The first kappa shape index (κ1) is 23.2. The molecule has 0 amide bonds. The summed E-state index contributed by atoms with van der Waals surface area (Å²) in [4.78, 5) is 6.18. The molecule has 0 aliphatic rings. The predicted octanol–water partition coefficient (Wildman–Crippen LogP) is 3.38. The van der Waals surface area contributed by atoms with E-state index in [4.69, 9.17) is 4.74 Å². The molecule has 0 fully saturated rings. The molecule has 0 bridgehead atoms. The Morgan fingerprint density at radius 1 is 1.04 bits per heavy atom. The van der Waals surface area contributed by atoms with Gasteiger partial charge >= 0.3 is 0 Å². The summed E-state index contributed by atoms with van der Waals surface area (Å²) in [5, 5.41) is 6.52. The molecule has 5 nitrogen and oxygen atoms in total. The number of guanidine groups is 1. The van der Waals surface area contributed by atoms with Crippen LogP contribution >= 0.6 is 24.0 Å². The third-order valence-corrected chi connectivity index (χ3v) is 3.90. The summed E-state index contributed by atoms with van der Waals surface area (Å²) in [5.41, 5.74) is 2.83. The molecular weight excluding hydrogens is 458 g/mol. The van der Waals surface area contributed by atoms with Crippen LogP contribution in [0.15, 0.2) is 47.5 Å². The molecule has 148 valence electrons. The van der Waals surface area contributed by atoms with Crippen LogP contribution in [0.2, 0.25) is 0 Å². The normalized spacial score (nSPS) is 11.1. The van der Waals surface area contributed by atoms with E-state index in [1.165, 1.54) is 6.07 Å². The van der Waals surface area contributed by atoms with Gasteiger partial charge in [-0.3, -0.25) is 4.99 Å². The average Bonchev–Trinajstić information content (AvgIpc) is 2.64. The zero-order chi connectivity index (χ0) is 18.9. The third kappa shape index (κ3) is 7.72. The number of rotatable bonds is 7. The molecule has 2 N–H and O–H groups in total. The van der Waals surface area contributed by atoms with Gasteiger partial charge in [0, 0.05) is 32.2 Å². The summed E-state index contributed by atoms with van der Waals surface area (Å²) in [6.07, 6.45) is 0. The van der Waals surface area contributed by atoms with E-state index < -0.39 is 0 Å². The van der Waals surface area contributed by atoms with E-state index in [-0.39, 0.29) is 29.8 Å². The van der Waals surface area contributed by atoms with Crippen molar-refractivity contribution in [3.05, 3.63) is 65.0 Å². The van der Waals surface area contributed by atoms with Gasteiger partial charge in [0.1, 0.15) is 11.6 Å². The van der Waals surface area contributed by atoms with Crippen LogP contribution in [0.1, 0.15) is 16.7 Å². The van der Waals surface area contributed by atoms with Gasteiger partial charge in [-0.15, -0.1) is 24.0 Å². The van der Waals surface area contributed by atoms with Crippen LogP contribution in [0.5, 0.6) is 5.75 Å². The number of benzene rings is 2. The average molecular weight is 486 g/mol. The number of hydrogen-bond donors (Lipinski definition) is 2. The molecule has 2 aromatic carbocycles. The number of nitrogens with zero attached hydrogens (tertiary/aromatic N) is 2. The Morgan fingerprint density at radius 3 is 2.19 bits per heavy atom. The van der Waals surface area contributed by atoms with Gasteiger partial charge in [-0.1, -0.05) is 18.2 Å². The number of halogens is 2. The molecule has 0 atom stereocenters. The Balaban J connectivity index is 0.00000364. The van der Waals surface area contributed by atoms with Crippen LogP contribution < -0.4 is 15.4 Å². The maximum atomic E-state index is 13.9. The van der Waals surface area contributed by atoms with Crippen molar-refractivity contribution in [3.63, 3.8) is 0 Å². The molecule has 0 aromatic heterocycles. The van der Waals surface area contributed by atoms with Gasteiger partial charge in [-0.05, 0) is 49.5 Å². The zero-order valence-electron chi connectivity index (χ0n) is 16.3. The Hall–Kier alpha value is -1.87. The molecule has 2 rings (SSSR count). The van der Waals surface area contributed by atoms with Crippen molar-refractivity contribution >= 4 is 29.9 Å². The lowest BCUT2D eigenvalue weighted by Gasteiger charge is -2.14. The van der Waals surface area contributed by atoms with Gasteiger partial charge in [-0.2, -0.15) is 0 Å². The fourth-order valence-electron chi connectivity index (χ4n) is 2.54. The van der Waals surface area contributed by atoms with Crippen molar-refractivity contribution in [2.45, 2.75) is 19.6 Å². The van der Waals surface area contributed by atoms with E-state index in [0.29, 0.717) is 31.2 Å². The molecule has 7 heteroatoms. The Kier molecular flexibility index (Phi) is 10.1. The number of methoxy groups -OCH3 is 1. The third-order valence-electron chi connectivity index (χ3n) is 3.90. The minimum Gasteiger partial charge on any atom is -0.497 e. The molecule has 0 radical (unpaired) electrons. The fourth-order valence-corrected chi connectivity index (χ4v) is 2.54. The van der Waals surface area contributed by atoms with E-state index >= 15 is 0 Å².